The zero-order valence-electron chi connectivity index (χ0n) is 18.4. The number of esters is 1. The highest BCUT2D eigenvalue weighted by Crippen LogP contribution is 2.24. The number of ether oxygens (including phenoxy) is 1. The summed E-state index contributed by atoms with van der Waals surface area (Å²) < 4.78 is 5.09. The predicted molar refractivity (Wildman–Crippen MR) is 118 cm³/mol. The van der Waals surface area contributed by atoms with Crippen LogP contribution in [0.1, 0.15) is 39.8 Å². The number of carbonyl (C=O) groups is 2. The second-order valence-corrected chi connectivity index (χ2v) is 7.67. The van der Waals surface area contributed by atoms with Gasteiger partial charge < -0.3 is 19.9 Å². The molecule has 0 saturated carbocycles. The average Bonchev–Trinajstić information content (AvgIpc) is 2.72. The van der Waals surface area contributed by atoms with E-state index in [0.717, 1.165) is 13.1 Å². The molecule has 0 bridgehead atoms. The summed E-state index contributed by atoms with van der Waals surface area (Å²) in [6.45, 7) is 12.6. The first-order valence-corrected chi connectivity index (χ1v) is 10.3. The van der Waals surface area contributed by atoms with Crippen LogP contribution in [0.15, 0.2) is 24.3 Å². The number of anilines is 2. The standard InChI is InChI=1S/C23H30N4O3/c1-6-30-22(28)19-14-20(18(5)24-17(19)4)25-23(29)27-11-9-26(10-12-27)21-13-15(2)7-8-16(21)3/h7-8,13-14H,6,9-12H2,1-5H3,(H,25,29). The van der Waals surface area contributed by atoms with Crippen molar-refractivity contribution in [2.45, 2.75) is 34.6 Å². The maximum Gasteiger partial charge on any atom is 0.340 e. The first-order valence-electron chi connectivity index (χ1n) is 10.3. The van der Waals surface area contributed by atoms with Gasteiger partial charge in [0.05, 0.1) is 29.2 Å². The van der Waals surface area contributed by atoms with E-state index in [1.165, 1.54) is 16.8 Å². The number of pyridine rings is 1. The van der Waals surface area contributed by atoms with Gasteiger partial charge in [0.25, 0.3) is 0 Å². The van der Waals surface area contributed by atoms with Gasteiger partial charge in [-0.05, 0) is 57.9 Å². The van der Waals surface area contributed by atoms with Crippen LogP contribution in [0.25, 0.3) is 0 Å². The van der Waals surface area contributed by atoms with Crippen molar-refractivity contribution >= 4 is 23.4 Å². The maximum absolute atomic E-state index is 12.8. The van der Waals surface area contributed by atoms with Crippen LogP contribution in [0.3, 0.4) is 0 Å². The molecule has 1 N–H and O–H groups in total. The van der Waals surface area contributed by atoms with E-state index in [1.54, 1.807) is 24.8 Å². The Morgan fingerprint density at radius 3 is 2.40 bits per heavy atom. The summed E-state index contributed by atoms with van der Waals surface area (Å²) in [5.74, 6) is -0.430. The van der Waals surface area contributed by atoms with Gasteiger partial charge in [0, 0.05) is 31.9 Å². The molecule has 0 radical (unpaired) electrons. The Bertz CT molecular complexity index is 950. The summed E-state index contributed by atoms with van der Waals surface area (Å²) in [5.41, 5.74) is 5.87. The summed E-state index contributed by atoms with van der Waals surface area (Å²) in [6.07, 6.45) is 0. The average molecular weight is 411 g/mol. The van der Waals surface area contributed by atoms with Crippen LogP contribution in [0.4, 0.5) is 16.2 Å². The second kappa shape index (κ2) is 9.15. The summed E-state index contributed by atoms with van der Waals surface area (Å²) in [7, 11) is 0. The fraction of sp³-hybridized carbons (Fsp3) is 0.435. The molecule has 1 aromatic heterocycles. The van der Waals surface area contributed by atoms with Gasteiger partial charge in [-0.25, -0.2) is 9.59 Å². The topological polar surface area (TPSA) is 74.8 Å². The molecule has 0 aliphatic carbocycles. The fourth-order valence-corrected chi connectivity index (χ4v) is 3.67. The molecule has 30 heavy (non-hydrogen) atoms. The smallest absolute Gasteiger partial charge is 0.340 e. The van der Waals surface area contributed by atoms with Crippen LogP contribution >= 0.6 is 0 Å². The highest BCUT2D eigenvalue weighted by Gasteiger charge is 2.23. The molecule has 1 aliphatic heterocycles. The van der Waals surface area contributed by atoms with Crippen LogP contribution in [0.2, 0.25) is 0 Å². The van der Waals surface area contributed by atoms with Crippen molar-refractivity contribution in [3.8, 4) is 0 Å². The molecule has 0 spiro atoms. The Kier molecular flexibility index (Phi) is 6.59. The molecule has 2 aromatic rings. The van der Waals surface area contributed by atoms with Crippen molar-refractivity contribution < 1.29 is 14.3 Å². The number of amides is 2. The number of aryl methyl sites for hydroxylation is 4. The zero-order valence-corrected chi connectivity index (χ0v) is 18.4. The summed E-state index contributed by atoms with van der Waals surface area (Å²) in [5, 5.41) is 2.92. The summed E-state index contributed by atoms with van der Waals surface area (Å²) in [4.78, 5) is 33.5. The van der Waals surface area contributed by atoms with E-state index >= 15 is 0 Å². The predicted octanol–water partition coefficient (Wildman–Crippen LogP) is 3.85. The van der Waals surface area contributed by atoms with Crippen LogP contribution in [-0.4, -0.2) is 54.7 Å². The molecule has 0 unspecified atom stereocenters. The number of piperazine rings is 1. The van der Waals surface area contributed by atoms with Crippen LogP contribution in [-0.2, 0) is 4.74 Å². The lowest BCUT2D eigenvalue weighted by Gasteiger charge is -2.37. The lowest BCUT2D eigenvalue weighted by molar-refractivity contribution is 0.0525. The number of nitrogens with one attached hydrogen (secondary N) is 1. The van der Waals surface area contributed by atoms with Gasteiger partial charge in [-0.1, -0.05) is 12.1 Å². The Balaban J connectivity index is 1.67. The molecule has 3 rings (SSSR count). The van der Waals surface area contributed by atoms with Gasteiger partial charge in [-0.15, -0.1) is 0 Å². The van der Waals surface area contributed by atoms with Crippen LogP contribution < -0.4 is 10.2 Å². The van der Waals surface area contributed by atoms with Gasteiger partial charge in [0.1, 0.15) is 0 Å². The lowest BCUT2D eigenvalue weighted by atomic mass is 10.1. The van der Waals surface area contributed by atoms with E-state index in [0.29, 0.717) is 42.3 Å². The van der Waals surface area contributed by atoms with Crippen molar-refractivity contribution in [3.05, 3.63) is 52.3 Å². The molecular weight excluding hydrogens is 380 g/mol. The highest BCUT2D eigenvalue weighted by atomic mass is 16.5. The van der Waals surface area contributed by atoms with Gasteiger partial charge in [-0.3, -0.25) is 4.98 Å². The number of urea groups is 1. The fourth-order valence-electron chi connectivity index (χ4n) is 3.67. The molecule has 1 aliphatic rings. The van der Waals surface area contributed by atoms with Gasteiger partial charge >= 0.3 is 12.0 Å². The van der Waals surface area contributed by atoms with E-state index in [4.69, 9.17) is 4.74 Å². The maximum atomic E-state index is 12.8. The Morgan fingerprint density at radius 2 is 1.73 bits per heavy atom. The van der Waals surface area contributed by atoms with E-state index in [-0.39, 0.29) is 6.03 Å². The van der Waals surface area contributed by atoms with Crippen molar-refractivity contribution in [3.63, 3.8) is 0 Å². The number of aromatic nitrogens is 1. The SMILES string of the molecule is CCOC(=O)c1cc(NC(=O)N2CCN(c3cc(C)ccc3C)CC2)c(C)nc1C. The summed E-state index contributed by atoms with van der Waals surface area (Å²) >= 11 is 0. The number of benzene rings is 1. The second-order valence-electron chi connectivity index (χ2n) is 7.67. The first kappa shape index (κ1) is 21.6. The minimum Gasteiger partial charge on any atom is -0.462 e. The van der Waals surface area contributed by atoms with Crippen molar-refractivity contribution in [2.75, 3.05) is 43.0 Å². The molecule has 0 atom stereocenters. The quantitative estimate of drug-likeness (QED) is 0.775. The minimum absolute atomic E-state index is 0.181. The number of hydrogen-bond donors (Lipinski definition) is 1. The van der Waals surface area contributed by atoms with Crippen LogP contribution in [0.5, 0.6) is 0 Å². The molecule has 7 heteroatoms. The first-order chi connectivity index (χ1) is 14.3. The zero-order chi connectivity index (χ0) is 21.8. The third-order valence-electron chi connectivity index (χ3n) is 5.41. The number of nitrogens with zero attached hydrogens (tertiary/aromatic N) is 3. The molecule has 1 aromatic carbocycles. The number of rotatable bonds is 4. The molecular formula is C23H30N4O3. The van der Waals surface area contributed by atoms with Gasteiger partial charge in [0.2, 0.25) is 0 Å². The molecule has 1 fully saturated rings. The number of carbonyl (C=O) groups excluding carboxylic acids is 2. The Morgan fingerprint density at radius 1 is 1.03 bits per heavy atom. The minimum atomic E-state index is -0.430. The van der Waals surface area contributed by atoms with Crippen LogP contribution in [0, 0.1) is 27.7 Å². The van der Waals surface area contributed by atoms with Crippen molar-refractivity contribution in [1.82, 2.24) is 9.88 Å². The third-order valence-corrected chi connectivity index (χ3v) is 5.41. The highest BCUT2D eigenvalue weighted by molar-refractivity contribution is 5.95. The largest absolute Gasteiger partial charge is 0.462 e. The van der Waals surface area contributed by atoms with Crippen molar-refractivity contribution in [2.24, 2.45) is 0 Å². The Hall–Kier alpha value is -3.09. The molecule has 7 nitrogen and oxygen atoms in total. The van der Waals surface area contributed by atoms with E-state index in [1.807, 2.05) is 6.92 Å². The van der Waals surface area contributed by atoms with E-state index < -0.39 is 5.97 Å². The normalized spacial score (nSPS) is 13.9. The van der Waals surface area contributed by atoms with Gasteiger partial charge in [-0.2, -0.15) is 0 Å². The molecule has 160 valence electrons. The monoisotopic (exact) mass is 410 g/mol. The molecule has 2 heterocycles. The summed E-state index contributed by atoms with van der Waals surface area (Å²) in [6, 6.07) is 7.92. The Labute approximate surface area is 178 Å². The molecule has 2 amide bonds. The lowest BCUT2D eigenvalue weighted by Crippen LogP contribution is -2.50. The van der Waals surface area contributed by atoms with E-state index in [9.17, 15) is 9.59 Å². The van der Waals surface area contributed by atoms with E-state index in [2.05, 4.69) is 47.2 Å². The number of hydrogen-bond acceptors (Lipinski definition) is 5. The third kappa shape index (κ3) is 4.72. The van der Waals surface area contributed by atoms with Crippen molar-refractivity contribution in [1.29, 1.82) is 0 Å². The molecule has 1 saturated heterocycles. The van der Waals surface area contributed by atoms with Gasteiger partial charge in [0.15, 0.2) is 0 Å².